The molecule has 2 heteroatoms. The van der Waals surface area contributed by atoms with Crippen LogP contribution < -0.4 is 0 Å². The average Bonchev–Trinajstić information content (AvgIpc) is 3.18. The van der Waals surface area contributed by atoms with Crippen molar-refractivity contribution in [3.63, 3.8) is 0 Å². The zero-order valence-corrected chi connectivity index (χ0v) is 21.3. The molecule has 0 aromatic heterocycles. The quantitative estimate of drug-likeness (QED) is 0.224. The second kappa shape index (κ2) is 8.72. The zero-order valence-electron chi connectivity index (χ0n) is 20.3. The predicted octanol–water partition coefficient (Wildman–Crippen LogP) is 7.99. The van der Waals surface area contributed by atoms with E-state index in [0.29, 0.717) is 16.6 Å². The van der Waals surface area contributed by atoms with Crippen molar-refractivity contribution in [2.24, 2.45) is 0 Å². The maximum absolute atomic E-state index is 12.0. The highest BCUT2D eigenvalue weighted by Gasteiger charge is 2.41. The molecule has 0 fully saturated rings. The third-order valence-corrected chi connectivity index (χ3v) is 13.9. The van der Waals surface area contributed by atoms with Crippen molar-refractivity contribution in [2.45, 2.75) is 71.0 Å². The average molecular weight is 439 g/mol. The Labute approximate surface area is 194 Å². The SMILES string of the molecule is CC(C)[Si](C#Cc1cc2c3c(cccc3c1-c1ccccc1C=O)CC2)(C(C)C)C(C)C. The van der Waals surface area contributed by atoms with Gasteiger partial charge in [-0.05, 0) is 63.0 Å². The van der Waals surface area contributed by atoms with Crippen LogP contribution in [-0.2, 0) is 12.8 Å². The first-order chi connectivity index (χ1) is 15.3. The molecule has 0 heterocycles. The lowest BCUT2D eigenvalue weighted by molar-refractivity contribution is 0.112. The first-order valence-corrected chi connectivity index (χ1v) is 14.2. The number of aryl methyl sites for hydroxylation is 2. The number of benzene rings is 3. The first-order valence-electron chi connectivity index (χ1n) is 12.0. The standard InChI is InChI=1S/C30H34OSi/c1-20(2)32(21(3)4,22(5)6)17-16-25-18-24-15-14-23-11-9-13-28(29(23)24)30(25)27-12-8-7-10-26(27)19-31/h7-13,18-22H,14-15H2,1-6H3. The fraction of sp³-hybridized carbons (Fsp3) is 0.367. The van der Waals surface area contributed by atoms with Crippen molar-refractivity contribution in [3.8, 4) is 22.6 Å². The molecular formula is C30H34OSi. The smallest absolute Gasteiger partial charge is 0.150 e. The predicted molar refractivity (Wildman–Crippen MR) is 140 cm³/mol. The summed E-state index contributed by atoms with van der Waals surface area (Å²) in [7, 11) is -1.87. The van der Waals surface area contributed by atoms with Crippen LogP contribution in [0.25, 0.3) is 21.9 Å². The largest absolute Gasteiger partial charge is 0.298 e. The fourth-order valence-electron chi connectivity index (χ4n) is 6.15. The fourth-order valence-corrected chi connectivity index (χ4v) is 11.4. The third-order valence-electron chi connectivity index (χ3n) is 7.63. The summed E-state index contributed by atoms with van der Waals surface area (Å²) in [4.78, 5) is 12.0. The van der Waals surface area contributed by atoms with Crippen molar-refractivity contribution in [1.82, 2.24) is 0 Å². The van der Waals surface area contributed by atoms with E-state index in [1.165, 1.54) is 21.9 Å². The Bertz CT molecular complexity index is 1220. The molecule has 32 heavy (non-hydrogen) atoms. The van der Waals surface area contributed by atoms with Gasteiger partial charge in [0.05, 0.1) is 0 Å². The van der Waals surface area contributed by atoms with Crippen LogP contribution in [0, 0.1) is 11.5 Å². The molecule has 0 spiro atoms. The van der Waals surface area contributed by atoms with Gasteiger partial charge in [-0.15, -0.1) is 5.54 Å². The number of rotatable bonds is 5. The first kappa shape index (κ1) is 22.6. The summed E-state index contributed by atoms with van der Waals surface area (Å²) in [6.07, 6.45) is 3.13. The summed E-state index contributed by atoms with van der Waals surface area (Å²) in [5.41, 5.74) is 12.4. The summed E-state index contributed by atoms with van der Waals surface area (Å²) < 4.78 is 0. The van der Waals surface area contributed by atoms with E-state index in [9.17, 15) is 4.79 Å². The van der Waals surface area contributed by atoms with Crippen LogP contribution in [0.2, 0.25) is 16.6 Å². The van der Waals surface area contributed by atoms with Crippen molar-refractivity contribution < 1.29 is 4.79 Å². The van der Waals surface area contributed by atoms with Gasteiger partial charge in [0.2, 0.25) is 0 Å². The van der Waals surface area contributed by atoms with E-state index in [1.54, 1.807) is 0 Å². The third kappa shape index (κ3) is 3.53. The van der Waals surface area contributed by atoms with Crippen molar-refractivity contribution in [3.05, 3.63) is 70.8 Å². The van der Waals surface area contributed by atoms with Crippen LogP contribution in [0.1, 0.15) is 68.6 Å². The number of hydrogen-bond acceptors (Lipinski definition) is 1. The Hall–Kier alpha value is -2.63. The second-order valence-corrected chi connectivity index (χ2v) is 15.7. The van der Waals surface area contributed by atoms with E-state index >= 15 is 0 Å². The number of aldehydes is 1. The van der Waals surface area contributed by atoms with Crippen LogP contribution >= 0.6 is 0 Å². The molecule has 0 amide bonds. The normalized spacial score (nSPS) is 13.2. The molecule has 0 atom stereocenters. The molecule has 0 saturated carbocycles. The Balaban J connectivity index is 2.07. The van der Waals surface area contributed by atoms with Crippen molar-refractivity contribution >= 4 is 25.1 Å². The molecule has 3 aromatic rings. The highest BCUT2D eigenvalue weighted by atomic mass is 28.3. The summed E-state index contributed by atoms with van der Waals surface area (Å²) in [5, 5.41) is 2.61. The van der Waals surface area contributed by atoms with E-state index in [-0.39, 0.29) is 0 Å². The lowest BCUT2D eigenvalue weighted by Crippen LogP contribution is -2.43. The minimum atomic E-state index is -1.87. The summed E-state index contributed by atoms with van der Waals surface area (Å²) in [6, 6.07) is 16.9. The Morgan fingerprint density at radius 3 is 2.16 bits per heavy atom. The van der Waals surface area contributed by atoms with Gasteiger partial charge in [0.25, 0.3) is 0 Å². The van der Waals surface area contributed by atoms with Gasteiger partial charge in [-0.25, -0.2) is 0 Å². The molecule has 0 saturated heterocycles. The highest BCUT2D eigenvalue weighted by Crippen LogP contribution is 2.43. The van der Waals surface area contributed by atoms with Gasteiger partial charge in [0.15, 0.2) is 6.29 Å². The summed E-state index contributed by atoms with van der Waals surface area (Å²) in [5.74, 6) is 3.73. The zero-order chi connectivity index (χ0) is 23.0. The van der Waals surface area contributed by atoms with E-state index in [1.807, 2.05) is 18.2 Å². The van der Waals surface area contributed by atoms with Crippen LogP contribution in [-0.4, -0.2) is 14.4 Å². The summed E-state index contributed by atoms with van der Waals surface area (Å²) in [6.45, 7) is 14.1. The molecule has 0 bridgehead atoms. The number of carbonyl (C=O) groups excluding carboxylic acids is 1. The van der Waals surface area contributed by atoms with Crippen molar-refractivity contribution in [1.29, 1.82) is 0 Å². The van der Waals surface area contributed by atoms with Gasteiger partial charge in [0, 0.05) is 16.7 Å². The monoisotopic (exact) mass is 438 g/mol. The molecule has 0 N–H and O–H groups in total. The molecule has 0 aliphatic heterocycles. The maximum atomic E-state index is 12.0. The molecule has 164 valence electrons. The second-order valence-electron chi connectivity index (χ2n) is 10.2. The molecular weight excluding hydrogens is 404 g/mol. The number of carbonyl (C=O) groups is 1. The van der Waals surface area contributed by atoms with Crippen LogP contribution in [0.15, 0.2) is 48.5 Å². The van der Waals surface area contributed by atoms with Gasteiger partial charge in [-0.3, -0.25) is 4.79 Å². The van der Waals surface area contributed by atoms with Crippen LogP contribution in [0.3, 0.4) is 0 Å². The Kier molecular flexibility index (Phi) is 6.14. The number of hydrogen-bond donors (Lipinski definition) is 0. The van der Waals surface area contributed by atoms with E-state index < -0.39 is 8.07 Å². The lowest BCUT2D eigenvalue weighted by Gasteiger charge is -2.38. The van der Waals surface area contributed by atoms with Gasteiger partial charge in [0.1, 0.15) is 8.07 Å². The lowest BCUT2D eigenvalue weighted by atomic mass is 9.89. The maximum Gasteiger partial charge on any atom is 0.150 e. The molecule has 1 aliphatic carbocycles. The topological polar surface area (TPSA) is 17.1 Å². The van der Waals surface area contributed by atoms with Gasteiger partial charge >= 0.3 is 0 Å². The molecule has 4 rings (SSSR count). The van der Waals surface area contributed by atoms with Gasteiger partial charge in [-0.2, -0.15) is 0 Å². The van der Waals surface area contributed by atoms with Crippen LogP contribution in [0.4, 0.5) is 0 Å². The van der Waals surface area contributed by atoms with E-state index in [4.69, 9.17) is 0 Å². The molecule has 0 unspecified atom stereocenters. The minimum Gasteiger partial charge on any atom is -0.298 e. The van der Waals surface area contributed by atoms with E-state index in [2.05, 4.69) is 83.3 Å². The summed E-state index contributed by atoms with van der Waals surface area (Å²) >= 11 is 0. The van der Waals surface area contributed by atoms with E-state index in [0.717, 1.165) is 41.4 Å². The Morgan fingerprint density at radius 1 is 0.844 bits per heavy atom. The van der Waals surface area contributed by atoms with Gasteiger partial charge < -0.3 is 0 Å². The minimum absolute atomic E-state index is 0.586. The molecule has 0 radical (unpaired) electrons. The highest BCUT2D eigenvalue weighted by molar-refractivity contribution is 6.90. The van der Waals surface area contributed by atoms with Gasteiger partial charge in [-0.1, -0.05) is 89.9 Å². The Morgan fingerprint density at radius 2 is 1.50 bits per heavy atom. The van der Waals surface area contributed by atoms with Crippen molar-refractivity contribution in [2.75, 3.05) is 0 Å². The molecule has 1 aliphatic rings. The van der Waals surface area contributed by atoms with Crippen LogP contribution in [0.5, 0.6) is 0 Å². The molecule has 1 nitrogen and oxygen atoms in total. The molecule has 3 aromatic carbocycles.